The summed E-state index contributed by atoms with van der Waals surface area (Å²) in [6.45, 7) is 4.44. The molecule has 0 radical (unpaired) electrons. The largest absolute Gasteiger partial charge is 0.494 e. The Morgan fingerprint density at radius 2 is 1.90 bits per heavy atom. The first-order chi connectivity index (χ1) is 14.0. The van der Waals surface area contributed by atoms with Crippen molar-refractivity contribution < 1.29 is 13.9 Å². The van der Waals surface area contributed by atoms with Crippen molar-refractivity contribution in [2.24, 2.45) is 0 Å². The predicted octanol–water partition coefficient (Wildman–Crippen LogP) is 6.11. The highest BCUT2D eigenvalue weighted by atomic mass is 35.5. The molecule has 0 saturated carbocycles. The molecule has 0 saturated heterocycles. The van der Waals surface area contributed by atoms with Gasteiger partial charge in [-0.25, -0.2) is 4.98 Å². The van der Waals surface area contributed by atoms with E-state index in [4.69, 9.17) is 20.8 Å². The summed E-state index contributed by atoms with van der Waals surface area (Å²) in [7, 11) is 0. The van der Waals surface area contributed by atoms with Crippen molar-refractivity contribution in [1.82, 2.24) is 4.98 Å². The minimum Gasteiger partial charge on any atom is -0.494 e. The van der Waals surface area contributed by atoms with Crippen LogP contribution in [0.5, 0.6) is 5.75 Å². The van der Waals surface area contributed by atoms with Gasteiger partial charge >= 0.3 is 0 Å². The van der Waals surface area contributed by atoms with Crippen LogP contribution in [0.4, 0.5) is 5.69 Å². The molecule has 1 amide bonds. The third-order valence-corrected chi connectivity index (χ3v) is 4.90. The lowest BCUT2D eigenvalue weighted by Crippen LogP contribution is -2.11. The van der Waals surface area contributed by atoms with Gasteiger partial charge in [-0.2, -0.15) is 0 Å². The number of hydrogen-bond donors (Lipinski definition) is 1. The van der Waals surface area contributed by atoms with Gasteiger partial charge in [0.1, 0.15) is 11.3 Å². The number of halogens is 1. The number of fused-ring (bicyclic) bond motifs is 1. The summed E-state index contributed by atoms with van der Waals surface area (Å²) in [6, 6.07) is 18.0. The quantitative estimate of drug-likeness (QED) is 0.434. The average Bonchev–Trinajstić information content (AvgIpc) is 3.14. The molecule has 6 heteroatoms. The van der Waals surface area contributed by atoms with Crippen LogP contribution in [0, 0.1) is 6.92 Å². The average molecular weight is 407 g/mol. The molecule has 5 nitrogen and oxygen atoms in total. The van der Waals surface area contributed by atoms with E-state index in [1.165, 1.54) is 0 Å². The fraction of sp³-hybridized carbons (Fsp3) is 0.130. The maximum atomic E-state index is 12.5. The number of aryl methyl sites for hydroxylation is 1. The number of rotatable bonds is 5. The Hall–Kier alpha value is -3.31. The van der Waals surface area contributed by atoms with E-state index < -0.39 is 0 Å². The molecule has 29 heavy (non-hydrogen) atoms. The van der Waals surface area contributed by atoms with E-state index in [0.717, 1.165) is 16.9 Å². The minimum atomic E-state index is -0.207. The normalized spacial score (nSPS) is 10.9. The smallest absolute Gasteiger partial charge is 0.255 e. The second-order valence-electron chi connectivity index (χ2n) is 6.58. The third-order valence-electron chi connectivity index (χ3n) is 4.49. The van der Waals surface area contributed by atoms with Crippen molar-refractivity contribution in [2.75, 3.05) is 11.9 Å². The van der Waals surface area contributed by atoms with Crippen molar-refractivity contribution in [3.05, 3.63) is 76.8 Å². The Labute approximate surface area is 173 Å². The molecule has 1 aromatic heterocycles. The fourth-order valence-corrected chi connectivity index (χ4v) is 3.11. The zero-order valence-corrected chi connectivity index (χ0v) is 16.8. The number of anilines is 1. The summed E-state index contributed by atoms with van der Waals surface area (Å²) in [6.07, 6.45) is 0. The molecular weight excluding hydrogens is 388 g/mol. The summed E-state index contributed by atoms with van der Waals surface area (Å²) in [5, 5.41) is 3.55. The number of nitrogens with one attached hydrogen (secondary N) is 1. The first kappa shape index (κ1) is 19.0. The third kappa shape index (κ3) is 4.10. The van der Waals surface area contributed by atoms with Crippen molar-refractivity contribution in [3.8, 4) is 17.2 Å². The van der Waals surface area contributed by atoms with E-state index in [1.54, 1.807) is 42.5 Å². The van der Waals surface area contributed by atoms with Gasteiger partial charge in [0.25, 0.3) is 5.91 Å². The summed E-state index contributed by atoms with van der Waals surface area (Å²) in [5.74, 6) is 1.01. The van der Waals surface area contributed by atoms with Crippen LogP contribution < -0.4 is 10.1 Å². The first-order valence-electron chi connectivity index (χ1n) is 9.25. The van der Waals surface area contributed by atoms with Gasteiger partial charge in [-0.15, -0.1) is 0 Å². The fourth-order valence-electron chi connectivity index (χ4n) is 2.93. The summed E-state index contributed by atoms with van der Waals surface area (Å²) < 4.78 is 11.2. The van der Waals surface area contributed by atoms with Gasteiger partial charge in [0.15, 0.2) is 5.58 Å². The Balaban J connectivity index is 1.55. The van der Waals surface area contributed by atoms with Gasteiger partial charge in [0.2, 0.25) is 5.89 Å². The monoisotopic (exact) mass is 406 g/mol. The topological polar surface area (TPSA) is 64.4 Å². The lowest BCUT2D eigenvalue weighted by Gasteiger charge is -2.06. The highest BCUT2D eigenvalue weighted by molar-refractivity contribution is 6.31. The Kier molecular flexibility index (Phi) is 5.23. The van der Waals surface area contributed by atoms with Crippen LogP contribution in [0.15, 0.2) is 65.1 Å². The lowest BCUT2D eigenvalue weighted by molar-refractivity contribution is 0.102. The number of carbonyl (C=O) groups excluding carboxylic acids is 1. The molecule has 0 fully saturated rings. The molecule has 4 aromatic rings. The Bertz CT molecular complexity index is 1180. The highest BCUT2D eigenvalue weighted by Crippen LogP contribution is 2.29. The van der Waals surface area contributed by atoms with Crippen molar-refractivity contribution in [1.29, 1.82) is 0 Å². The summed E-state index contributed by atoms with van der Waals surface area (Å²) >= 11 is 6.21. The van der Waals surface area contributed by atoms with Crippen LogP contribution in [0.3, 0.4) is 0 Å². The second kappa shape index (κ2) is 7.97. The zero-order valence-electron chi connectivity index (χ0n) is 16.0. The van der Waals surface area contributed by atoms with Crippen LogP contribution in [0.25, 0.3) is 22.6 Å². The standard InChI is InChI=1S/C23H19ClN2O3/c1-3-28-18-9-6-15(7-10-18)22(27)25-17-8-11-21-20(13-17)26-23(29-21)16-5-4-14(2)19(24)12-16/h4-13H,3H2,1-2H3,(H,25,27). The van der Waals surface area contributed by atoms with Gasteiger partial charge < -0.3 is 14.5 Å². The second-order valence-corrected chi connectivity index (χ2v) is 6.98. The van der Waals surface area contributed by atoms with Gasteiger partial charge in [0, 0.05) is 21.8 Å². The number of amides is 1. The van der Waals surface area contributed by atoms with E-state index in [2.05, 4.69) is 10.3 Å². The molecule has 0 spiro atoms. The van der Waals surface area contributed by atoms with E-state index in [9.17, 15) is 4.79 Å². The van der Waals surface area contributed by atoms with Crippen LogP contribution in [0.1, 0.15) is 22.8 Å². The van der Waals surface area contributed by atoms with Crippen molar-refractivity contribution in [3.63, 3.8) is 0 Å². The van der Waals surface area contributed by atoms with Gasteiger partial charge in [-0.05, 0) is 74.0 Å². The number of carbonyl (C=O) groups is 1. The molecule has 0 unspecified atom stereocenters. The van der Waals surface area contributed by atoms with E-state index in [-0.39, 0.29) is 5.91 Å². The zero-order chi connectivity index (χ0) is 20.4. The maximum absolute atomic E-state index is 12.5. The predicted molar refractivity (Wildman–Crippen MR) is 115 cm³/mol. The van der Waals surface area contributed by atoms with E-state index >= 15 is 0 Å². The number of hydrogen-bond acceptors (Lipinski definition) is 4. The molecule has 0 aliphatic heterocycles. The summed E-state index contributed by atoms with van der Waals surface area (Å²) in [4.78, 5) is 17.0. The molecule has 0 aliphatic rings. The van der Waals surface area contributed by atoms with Crippen LogP contribution in [-0.4, -0.2) is 17.5 Å². The molecule has 4 rings (SSSR count). The van der Waals surface area contributed by atoms with Gasteiger partial charge in [-0.3, -0.25) is 4.79 Å². The molecule has 1 N–H and O–H groups in total. The molecule has 3 aromatic carbocycles. The van der Waals surface area contributed by atoms with Crippen molar-refractivity contribution in [2.45, 2.75) is 13.8 Å². The number of oxazole rings is 1. The maximum Gasteiger partial charge on any atom is 0.255 e. The molecule has 0 bridgehead atoms. The molecule has 1 heterocycles. The molecule has 0 atom stereocenters. The molecular formula is C23H19ClN2O3. The van der Waals surface area contributed by atoms with Crippen LogP contribution >= 0.6 is 11.6 Å². The SMILES string of the molecule is CCOc1ccc(C(=O)Nc2ccc3oc(-c4ccc(C)c(Cl)c4)nc3c2)cc1. The number of ether oxygens (including phenoxy) is 1. The van der Waals surface area contributed by atoms with Crippen molar-refractivity contribution >= 4 is 34.3 Å². The highest BCUT2D eigenvalue weighted by Gasteiger charge is 2.12. The van der Waals surface area contributed by atoms with Gasteiger partial charge in [-0.1, -0.05) is 17.7 Å². The van der Waals surface area contributed by atoms with Crippen LogP contribution in [0.2, 0.25) is 5.02 Å². The van der Waals surface area contributed by atoms with Crippen LogP contribution in [-0.2, 0) is 0 Å². The van der Waals surface area contributed by atoms with E-state index in [0.29, 0.717) is 39.9 Å². The van der Waals surface area contributed by atoms with Gasteiger partial charge in [0.05, 0.1) is 6.61 Å². The summed E-state index contributed by atoms with van der Waals surface area (Å²) in [5.41, 5.74) is 4.27. The lowest BCUT2D eigenvalue weighted by atomic mass is 10.1. The number of benzene rings is 3. The Morgan fingerprint density at radius 3 is 2.62 bits per heavy atom. The molecule has 0 aliphatic carbocycles. The van der Waals surface area contributed by atoms with E-state index in [1.807, 2.05) is 32.0 Å². The number of nitrogens with zero attached hydrogens (tertiary/aromatic N) is 1. The first-order valence-corrected chi connectivity index (χ1v) is 9.62. The number of aromatic nitrogens is 1. The Morgan fingerprint density at radius 1 is 1.10 bits per heavy atom. The molecule has 146 valence electrons. The minimum absolute atomic E-state index is 0.207.